The highest BCUT2D eigenvalue weighted by molar-refractivity contribution is 6.00. The summed E-state index contributed by atoms with van der Waals surface area (Å²) in [5.74, 6) is -0.884. The number of carbonyl (C=O) groups excluding carboxylic acids is 2. The summed E-state index contributed by atoms with van der Waals surface area (Å²) in [6, 6.07) is 5.17. The predicted molar refractivity (Wildman–Crippen MR) is 88.1 cm³/mol. The Bertz CT molecular complexity index is 775. The molecule has 1 amide bonds. The van der Waals surface area contributed by atoms with Gasteiger partial charge in [-0.3, -0.25) is 9.69 Å². The van der Waals surface area contributed by atoms with Gasteiger partial charge in [-0.2, -0.15) is 15.0 Å². The molecule has 2 heterocycles. The lowest BCUT2D eigenvalue weighted by Crippen LogP contribution is -2.45. The van der Waals surface area contributed by atoms with Crippen molar-refractivity contribution < 1.29 is 19.1 Å². The second kappa shape index (κ2) is 7.02. The van der Waals surface area contributed by atoms with Gasteiger partial charge in [0.15, 0.2) is 0 Å². The van der Waals surface area contributed by atoms with Crippen LogP contribution in [0, 0.1) is 6.92 Å². The van der Waals surface area contributed by atoms with E-state index in [1.165, 1.54) is 22.1 Å². The van der Waals surface area contributed by atoms with E-state index in [2.05, 4.69) is 10.2 Å². The fourth-order valence-corrected chi connectivity index (χ4v) is 2.80. The van der Waals surface area contributed by atoms with Gasteiger partial charge in [-0.05, 0) is 32.9 Å². The summed E-state index contributed by atoms with van der Waals surface area (Å²) >= 11 is 0. The van der Waals surface area contributed by atoms with Gasteiger partial charge in [0, 0.05) is 0 Å². The van der Waals surface area contributed by atoms with Crippen molar-refractivity contribution in [1.82, 2.24) is 19.9 Å². The SMILES string of the molecule is CCOC(=O)C1OC[C@H](C)N1C(=O)c1cc(C)ccc1-n1nccn1. The zero-order valence-corrected chi connectivity index (χ0v) is 14.4. The third kappa shape index (κ3) is 3.25. The second-order valence-corrected chi connectivity index (χ2v) is 5.84. The minimum atomic E-state index is -1.04. The summed E-state index contributed by atoms with van der Waals surface area (Å²) in [6.07, 6.45) is 2.04. The number of nitrogens with zero attached hydrogens (tertiary/aromatic N) is 4. The van der Waals surface area contributed by atoms with Crippen molar-refractivity contribution in [3.05, 3.63) is 41.7 Å². The summed E-state index contributed by atoms with van der Waals surface area (Å²) in [7, 11) is 0. The number of hydrogen-bond acceptors (Lipinski definition) is 6. The van der Waals surface area contributed by atoms with Crippen LogP contribution in [0.3, 0.4) is 0 Å². The lowest BCUT2D eigenvalue weighted by Gasteiger charge is -2.26. The van der Waals surface area contributed by atoms with Crippen molar-refractivity contribution in [1.29, 1.82) is 0 Å². The lowest BCUT2D eigenvalue weighted by molar-refractivity contribution is -0.159. The van der Waals surface area contributed by atoms with Gasteiger partial charge in [0.05, 0.1) is 42.9 Å². The number of rotatable bonds is 4. The van der Waals surface area contributed by atoms with Crippen LogP contribution in [0.4, 0.5) is 0 Å². The van der Waals surface area contributed by atoms with E-state index in [1.807, 2.05) is 19.9 Å². The predicted octanol–water partition coefficient (Wildman–Crippen LogP) is 1.33. The van der Waals surface area contributed by atoms with Crippen molar-refractivity contribution in [2.45, 2.75) is 33.0 Å². The molecule has 0 radical (unpaired) electrons. The summed E-state index contributed by atoms with van der Waals surface area (Å²) in [6.45, 7) is 5.94. The average molecular weight is 344 g/mol. The highest BCUT2D eigenvalue weighted by Crippen LogP contribution is 2.24. The van der Waals surface area contributed by atoms with Crippen LogP contribution in [0.15, 0.2) is 30.6 Å². The molecule has 2 aromatic rings. The summed E-state index contributed by atoms with van der Waals surface area (Å²) < 4.78 is 10.5. The highest BCUT2D eigenvalue weighted by Gasteiger charge is 2.42. The Morgan fingerprint density at radius 1 is 1.32 bits per heavy atom. The van der Waals surface area contributed by atoms with E-state index in [0.717, 1.165) is 5.56 Å². The largest absolute Gasteiger partial charge is 0.463 e. The molecule has 1 fully saturated rings. The highest BCUT2D eigenvalue weighted by atomic mass is 16.6. The van der Waals surface area contributed by atoms with Gasteiger partial charge < -0.3 is 9.47 Å². The quantitative estimate of drug-likeness (QED) is 0.778. The molecule has 0 N–H and O–H groups in total. The number of ether oxygens (including phenoxy) is 2. The first-order chi connectivity index (χ1) is 12.0. The number of benzene rings is 1. The third-order valence-corrected chi connectivity index (χ3v) is 3.96. The minimum Gasteiger partial charge on any atom is -0.463 e. The van der Waals surface area contributed by atoms with Gasteiger partial charge in [-0.15, -0.1) is 0 Å². The average Bonchev–Trinajstić information content (AvgIpc) is 3.24. The number of amides is 1. The molecular formula is C17H20N4O4. The molecule has 2 atom stereocenters. The minimum absolute atomic E-state index is 0.224. The normalized spacial score (nSPS) is 19.9. The lowest BCUT2D eigenvalue weighted by atomic mass is 10.1. The summed E-state index contributed by atoms with van der Waals surface area (Å²) in [4.78, 5) is 28.2. The van der Waals surface area contributed by atoms with Crippen molar-refractivity contribution in [2.75, 3.05) is 13.2 Å². The standard InChI is InChI=1S/C17H20N4O4/c1-4-24-17(23)16-20(12(3)10-25-16)15(22)13-9-11(2)5-6-14(13)21-18-7-8-19-21/h5-9,12,16H,4,10H2,1-3H3/t12-,16?/m0/s1. The van der Waals surface area contributed by atoms with Crippen molar-refractivity contribution in [3.8, 4) is 5.69 Å². The number of aromatic nitrogens is 3. The Morgan fingerprint density at radius 3 is 2.72 bits per heavy atom. The molecule has 1 aliphatic heterocycles. The molecule has 132 valence electrons. The molecule has 25 heavy (non-hydrogen) atoms. The van der Waals surface area contributed by atoms with E-state index in [1.54, 1.807) is 19.1 Å². The van der Waals surface area contributed by atoms with Gasteiger partial charge in [-0.1, -0.05) is 11.6 Å². The molecule has 1 aliphatic rings. The maximum atomic E-state index is 13.2. The molecule has 0 saturated carbocycles. The number of carbonyl (C=O) groups is 2. The van der Waals surface area contributed by atoms with Crippen LogP contribution in [-0.4, -0.2) is 57.3 Å². The molecule has 3 rings (SSSR count). The van der Waals surface area contributed by atoms with Crippen LogP contribution in [-0.2, 0) is 14.3 Å². The monoisotopic (exact) mass is 344 g/mol. The Morgan fingerprint density at radius 2 is 2.04 bits per heavy atom. The number of esters is 1. The van der Waals surface area contributed by atoms with Crippen molar-refractivity contribution in [3.63, 3.8) is 0 Å². The van der Waals surface area contributed by atoms with Gasteiger partial charge in [-0.25, -0.2) is 4.79 Å². The van der Waals surface area contributed by atoms with Crippen molar-refractivity contribution >= 4 is 11.9 Å². The first-order valence-corrected chi connectivity index (χ1v) is 8.11. The Labute approximate surface area is 145 Å². The number of hydrogen-bond donors (Lipinski definition) is 0. The molecule has 1 aromatic heterocycles. The fourth-order valence-electron chi connectivity index (χ4n) is 2.80. The maximum absolute atomic E-state index is 13.2. The van der Waals surface area contributed by atoms with Crippen molar-refractivity contribution in [2.24, 2.45) is 0 Å². The van der Waals surface area contributed by atoms with Gasteiger partial charge in [0.1, 0.15) is 0 Å². The Hall–Kier alpha value is -2.74. The zero-order valence-electron chi connectivity index (χ0n) is 14.4. The summed E-state index contributed by atoms with van der Waals surface area (Å²) in [5, 5.41) is 8.20. The van der Waals surface area contributed by atoms with Gasteiger partial charge >= 0.3 is 5.97 Å². The smallest absolute Gasteiger partial charge is 0.356 e. The molecule has 1 saturated heterocycles. The Balaban J connectivity index is 1.99. The fraction of sp³-hybridized carbons (Fsp3) is 0.412. The zero-order chi connectivity index (χ0) is 18.0. The van der Waals surface area contributed by atoms with Crippen LogP contribution in [0.5, 0.6) is 0 Å². The van der Waals surface area contributed by atoms with Crippen LogP contribution in [0.2, 0.25) is 0 Å². The van der Waals surface area contributed by atoms with Crippen LogP contribution < -0.4 is 0 Å². The van der Waals surface area contributed by atoms with E-state index in [-0.39, 0.29) is 25.2 Å². The van der Waals surface area contributed by atoms with Crippen LogP contribution in [0.25, 0.3) is 5.69 Å². The van der Waals surface area contributed by atoms with E-state index in [9.17, 15) is 9.59 Å². The molecular weight excluding hydrogens is 324 g/mol. The molecule has 0 spiro atoms. The molecule has 0 bridgehead atoms. The summed E-state index contributed by atoms with van der Waals surface area (Å²) in [5.41, 5.74) is 1.87. The molecule has 1 unspecified atom stereocenters. The molecule has 8 heteroatoms. The maximum Gasteiger partial charge on any atom is 0.356 e. The van der Waals surface area contributed by atoms with Crippen LogP contribution in [0.1, 0.15) is 29.8 Å². The molecule has 8 nitrogen and oxygen atoms in total. The van der Waals surface area contributed by atoms with Gasteiger partial charge in [0.2, 0.25) is 6.23 Å². The van der Waals surface area contributed by atoms with E-state index < -0.39 is 12.2 Å². The third-order valence-electron chi connectivity index (χ3n) is 3.96. The number of aryl methyl sites for hydroxylation is 1. The topological polar surface area (TPSA) is 86.5 Å². The molecule has 0 aliphatic carbocycles. The Kier molecular flexibility index (Phi) is 4.80. The first-order valence-electron chi connectivity index (χ1n) is 8.11. The molecule has 1 aromatic carbocycles. The van der Waals surface area contributed by atoms with Crippen LogP contribution >= 0.6 is 0 Å². The van der Waals surface area contributed by atoms with E-state index in [4.69, 9.17) is 9.47 Å². The van der Waals surface area contributed by atoms with E-state index in [0.29, 0.717) is 11.3 Å². The van der Waals surface area contributed by atoms with Gasteiger partial charge in [0.25, 0.3) is 5.91 Å². The second-order valence-electron chi connectivity index (χ2n) is 5.84. The van der Waals surface area contributed by atoms with E-state index >= 15 is 0 Å². The first kappa shape index (κ1) is 17.1.